The first kappa shape index (κ1) is 13.8. The van der Waals surface area contributed by atoms with E-state index in [4.69, 9.17) is 0 Å². The van der Waals surface area contributed by atoms with Crippen LogP contribution in [0.15, 0.2) is 0 Å². The van der Waals surface area contributed by atoms with Gasteiger partial charge in [0.15, 0.2) is 0 Å². The monoisotopic (exact) mass is 253 g/mol. The van der Waals surface area contributed by atoms with E-state index in [1.807, 2.05) is 4.90 Å². The number of amides is 1. The first-order valence-electron chi connectivity index (χ1n) is 7.31. The van der Waals surface area contributed by atoms with Crippen molar-refractivity contribution in [2.45, 2.75) is 26.2 Å². The third kappa shape index (κ3) is 3.95. The number of hydrogen-bond donors (Lipinski definition) is 0. The second kappa shape index (κ2) is 6.53. The van der Waals surface area contributed by atoms with Crippen molar-refractivity contribution < 1.29 is 4.79 Å². The van der Waals surface area contributed by atoms with Crippen LogP contribution in [0.25, 0.3) is 0 Å². The van der Waals surface area contributed by atoms with E-state index in [9.17, 15) is 4.79 Å². The fourth-order valence-electron chi connectivity index (χ4n) is 3.08. The van der Waals surface area contributed by atoms with Crippen molar-refractivity contribution in [3.63, 3.8) is 0 Å². The fraction of sp³-hybridized carbons (Fsp3) is 0.929. The van der Waals surface area contributed by atoms with Gasteiger partial charge in [0, 0.05) is 39.6 Å². The Kier molecular flexibility index (Phi) is 5.01. The predicted molar refractivity (Wildman–Crippen MR) is 73.5 cm³/mol. The minimum Gasteiger partial charge on any atom is -0.343 e. The van der Waals surface area contributed by atoms with Gasteiger partial charge in [-0.25, -0.2) is 0 Å². The van der Waals surface area contributed by atoms with Crippen LogP contribution >= 0.6 is 0 Å². The van der Waals surface area contributed by atoms with Gasteiger partial charge in [0.2, 0.25) is 5.91 Å². The minimum absolute atomic E-state index is 0.241. The van der Waals surface area contributed by atoms with Crippen LogP contribution in [-0.4, -0.2) is 73.5 Å². The van der Waals surface area contributed by atoms with E-state index in [-0.39, 0.29) is 5.91 Å². The summed E-state index contributed by atoms with van der Waals surface area (Å²) in [6.07, 6.45) is 3.67. The van der Waals surface area contributed by atoms with Gasteiger partial charge in [-0.1, -0.05) is 0 Å². The van der Waals surface area contributed by atoms with Crippen molar-refractivity contribution in [3.8, 4) is 0 Å². The molecule has 0 spiro atoms. The molecule has 2 fully saturated rings. The van der Waals surface area contributed by atoms with Gasteiger partial charge in [0.25, 0.3) is 0 Å². The normalized spacial score (nSPS) is 25.1. The summed E-state index contributed by atoms with van der Waals surface area (Å²) in [5, 5.41) is 0. The lowest BCUT2D eigenvalue weighted by Gasteiger charge is -2.34. The number of likely N-dealkylation sites (N-methyl/N-ethyl adjacent to an activating group) is 1. The van der Waals surface area contributed by atoms with E-state index in [2.05, 4.69) is 16.8 Å². The highest BCUT2D eigenvalue weighted by Gasteiger charge is 2.23. The maximum atomic E-state index is 11.3. The lowest BCUT2D eigenvalue weighted by Crippen LogP contribution is -2.41. The molecule has 0 bridgehead atoms. The number of carbonyl (C=O) groups is 1. The Morgan fingerprint density at radius 3 is 2.44 bits per heavy atom. The summed E-state index contributed by atoms with van der Waals surface area (Å²) in [6, 6.07) is 0. The van der Waals surface area contributed by atoms with E-state index < -0.39 is 0 Å². The number of carbonyl (C=O) groups excluding carboxylic acids is 1. The Hall–Kier alpha value is -0.610. The number of likely N-dealkylation sites (tertiary alicyclic amines) is 1. The molecular formula is C14H27N3O. The van der Waals surface area contributed by atoms with Crippen LogP contribution in [0, 0.1) is 5.92 Å². The fourth-order valence-corrected chi connectivity index (χ4v) is 3.08. The Balaban J connectivity index is 1.72. The van der Waals surface area contributed by atoms with Crippen molar-refractivity contribution in [2.24, 2.45) is 5.92 Å². The third-order valence-electron chi connectivity index (χ3n) is 4.39. The first-order chi connectivity index (χ1) is 8.65. The SMILES string of the molecule is CC(=O)N1CCC(CN2CCCN(C)CC2)CC1. The molecule has 4 nitrogen and oxygen atoms in total. The average molecular weight is 253 g/mol. The number of rotatable bonds is 2. The van der Waals surface area contributed by atoms with Crippen LogP contribution in [-0.2, 0) is 4.79 Å². The Morgan fingerprint density at radius 1 is 1.06 bits per heavy atom. The van der Waals surface area contributed by atoms with Gasteiger partial charge in [0.1, 0.15) is 0 Å². The molecule has 1 amide bonds. The maximum absolute atomic E-state index is 11.3. The average Bonchev–Trinajstić information content (AvgIpc) is 2.55. The van der Waals surface area contributed by atoms with E-state index in [0.29, 0.717) is 0 Å². The zero-order valence-electron chi connectivity index (χ0n) is 11.9. The summed E-state index contributed by atoms with van der Waals surface area (Å²) < 4.78 is 0. The summed E-state index contributed by atoms with van der Waals surface area (Å²) in [7, 11) is 2.22. The highest BCUT2D eigenvalue weighted by atomic mass is 16.2. The smallest absolute Gasteiger partial charge is 0.219 e. The van der Waals surface area contributed by atoms with Gasteiger partial charge in [-0.2, -0.15) is 0 Å². The summed E-state index contributed by atoms with van der Waals surface area (Å²) in [6.45, 7) is 9.75. The van der Waals surface area contributed by atoms with Gasteiger partial charge in [0.05, 0.1) is 0 Å². The third-order valence-corrected chi connectivity index (χ3v) is 4.39. The van der Waals surface area contributed by atoms with E-state index in [1.165, 1.54) is 52.0 Å². The maximum Gasteiger partial charge on any atom is 0.219 e. The highest BCUT2D eigenvalue weighted by Crippen LogP contribution is 2.19. The number of piperidine rings is 1. The van der Waals surface area contributed by atoms with Crippen LogP contribution in [0.1, 0.15) is 26.2 Å². The van der Waals surface area contributed by atoms with Gasteiger partial charge in [-0.3, -0.25) is 4.79 Å². The van der Waals surface area contributed by atoms with E-state index >= 15 is 0 Å². The van der Waals surface area contributed by atoms with Gasteiger partial charge < -0.3 is 14.7 Å². The minimum atomic E-state index is 0.241. The van der Waals surface area contributed by atoms with Crippen LogP contribution in [0.4, 0.5) is 0 Å². The van der Waals surface area contributed by atoms with Crippen LogP contribution in [0.2, 0.25) is 0 Å². The largest absolute Gasteiger partial charge is 0.343 e. The summed E-state index contributed by atoms with van der Waals surface area (Å²) in [5.41, 5.74) is 0. The highest BCUT2D eigenvalue weighted by molar-refractivity contribution is 5.73. The molecule has 0 N–H and O–H groups in total. The van der Waals surface area contributed by atoms with E-state index in [1.54, 1.807) is 6.92 Å². The lowest BCUT2D eigenvalue weighted by atomic mass is 9.96. The Labute approximate surface area is 111 Å². The molecule has 0 atom stereocenters. The molecule has 2 saturated heterocycles. The molecule has 0 radical (unpaired) electrons. The molecule has 4 heteroatoms. The van der Waals surface area contributed by atoms with Crippen molar-refractivity contribution in [1.82, 2.24) is 14.7 Å². The molecule has 18 heavy (non-hydrogen) atoms. The molecule has 104 valence electrons. The summed E-state index contributed by atoms with van der Waals surface area (Å²) in [4.78, 5) is 18.3. The predicted octanol–water partition coefficient (Wildman–Crippen LogP) is 0.882. The first-order valence-corrected chi connectivity index (χ1v) is 7.31. The number of nitrogens with zero attached hydrogens (tertiary/aromatic N) is 3. The standard InChI is InChI=1S/C14H27N3O/c1-13(18)17-8-4-14(5-9-17)12-16-7-3-6-15(2)10-11-16/h14H,3-12H2,1-2H3. The molecular weight excluding hydrogens is 226 g/mol. The van der Waals surface area contributed by atoms with Gasteiger partial charge >= 0.3 is 0 Å². The van der Waals surface area contributed by atoms with E-state index in [0.717, 1.165) is 19.0 Å². The zero-order valence-corrected chi connectivity index (χ0v) is 11.9. The molecule has 2 aliphatic rings. The molecule has 0 aromatic heterocycles. The topological polar surface area (TPSA) is 26.8 Å². The van der Waals surface area contributed by atoms with Crippen LogP contribution in [0.3, 0.4) is 0 Å². The van der Waals surface area contributed by atoms with Crippen molar-refractivity contribution in [3.05, 3.63) is 0 Å². The van der Waals surface area contributed by atoms with Gasteiger partial charge in [-0.15, -0.1) is 0 Å². The molecule has 2 heterocycles. The molecule has 0 aromatic carbocycles. The summed E-state index contributed by atoms with van der Waals surface area (Å²) >= 11 is 0. The van der Waals surface area contributed by atoms with Gasteiger partial charge in [-0.05, 0) is 45.3 Å². The molecule has 0 unspecified atom stereocenters. The molecule has 2 rings (SSSR count). The second-order valence-corrected chi connectivity index (χ2v) is 5.91. The van der Waals surface area contributed by atoms with Crippen LogP contribution < -0.4 is 0 Å². The summed E-state index contributed by atoms with van der Waals surface area (Å²) in [5.74, 6) is 1.04. The Morgan fingerprint density at radius 2 is 1.78 bits per heavy atom. The quantitative estimate of drug-likeness (QED) is 0.731. The molecule has 0 saturated carbocycles. The number of hydrogen-bond acceptors (Lipinski definition) is 3. The lowest BCUT2D eigenvalue weighted by molar-refractivity contribution is -0.130. The second-order valence-electron chi connectivity index (χ2n) is 5.91. The van der Waals surface area contributed by atoms with Crippen molar-refractivity contribution >= 4 is 5.91 Å². The molecule has 0 aromatic rings. The Bertz CT molecular complexity index is 274. The molecule has 2 aliphatic heterocycles. The zero-order chi connectivity index (χ0) is 13.0. The van der Waals surface area contributed by atoms with Crippen molar-refractivity contribution in [1.29, 1.82) is 0 Å². The molecule has 0 aliphatic carbocycles. The van der Waals surface area contributed by atoms with Crippen LogP contribution in [0.5, 0.6) is 0 Å². The van der Waals surface area contributed by atoms with Crippen molar-refractivity contribution in [2.75, 3.05) is 52.9 Å².